The van der Waals surface area contributed by atoms with Crippen LogP contribution in [0.25, 0.3) is 0 Å². The summed E-state index contributed by atoms with van der Waals surface area (Å²) in [4.78, 5) is 0. The predicted molar refractivity (Wildman–Crippen MR) is 46.6 cm³/mol. The molecule has 1 fully saturated rings. The van der Waals surface area contributed by atoms with Gasteiger partial charge >= 0.3 is 0 Å². The van der Waals surface area contributed by atoms with E-state index in [0.29, 0.717) is 0 Å². The van der Waals surface area contributed by atoms with Crippen molar-refractivity contribution in [1.82, 2.24) is 5.32 Å². The minimum Gasteiger partial charge on any atom is -0.316 e. The Kier molecular flexibility index (Phi) is 1.66. The third-order valence-electron chi connectivity index (χ3n) is 2.39. The van der Waals surface area contributed by atoms with Crippen LogP contribution in [0.15, 0.2) is 30.3 Å². The van der Waals surface area contributed by atoms with Crippen molar-refractivity contribution in [3.05, 3.63) is 35.9 Å². The summed E-state index contributed by atoms with van der Waals surface area (Å²) in [6.45, 7) is 0. The molecule has 1 aromatic rings. The molecule has 0 bridgehead atoms. The van der Waals surface area contributed by atoms with Crippen molar-refractivity contribution < 1.29 is 0 Å². The van der Waals surface area contributed by atoms with E-state index in [-0.39, 0.29) is 0 Å². The van der Waals surface area contributed by atoms with Crippen LogP contribution in [0.3, 0.4) is 0 Å². The molecular weight excluding hydrogens is 134 g/mol. The van der Waals surface area contributed by atoms with Gasteiger partial charge in [0.2, 0.25) is 0 Å². The monoisotopic (exact) mass is 147 g/mol. The highest BCUT2D eigenvalue weighted by Gasteiger charge is 2.36. The van der Waals surface area contributed by atoms with Crippen LogP contribution in [-0.2, 0) is 0 Å². The highest BCUT2D eigenvalue weighted by atomic mass is 14.9. The molecule has 1 aliphatic rings. The van der Waals surface area contributed by atoms with Crippen LogP contribution in [0.4, 0.5) is 0 Å². The van der Waals surface area contributed by atoms with Gasteiger partial charge in [0.15, 0.2) is 0 Å². The van der Waals surface area contributed by atoms with Gasteiger partial charge in [0.25, 0.3) is 0 Å². The van der Waals surface area contributed by atoms with Crippen LogP contribution < -0.4 is 5.32 Å². The van der Waals surface area contributed by atoms with Crippen LogP contribution in [0.5, 0.6) is 0 Å². The molecule has 2 atom stereocenters. The molecule has 0 unspecified atom stereocenters. The maximum Gasteiger partial charge on any atom is 0.0140 e. The molecule has 0 aromatic heterocycles. The summed E-state index contributed by atoms with van der Waals surface area (Å²) < 4.78 is 0. The smallest absolute Gasteiger partial charge is 0.0140 e. The lowest BCUT2D eigenvalue weighted by atomic mass is 10.1. The third kappa shape index (κ3) is 1.29. The van der Waals surface area contributed by atoms with E-state index in [9.17, 15) is 0 Å². The largest absolute Gasteiger partial charge is 0.316 e. The average Bonchev–Trinajstić information content (AvgIpc) is 2.85. The van der Waals surface area contributed by atoms with Crippen LogP contribution in [0, 0.1) is 0 Å². The Labute approximate surface area is 67.4 Å². The molecule has 11 heavy (non-hydrogen) atoms. The Bertz CT molecular complexity index is 230. The van der Waals surface area contributed by atoms with Gasteiger partial charge in [-0.05, 0) is 19.0 Å². The number of hydrogen-bond donors (Lipinski definition) is 1. The Morgan fingerprint density at radius 1 is 1.27 bits per heavy atom. The Balaban J connectivity index is 2.09. The second-order valence-electron chi connectivity index (χ2n) is 3.15. The molecule has 0 heterocycles. The van der Waals surface area contributed by atoms with Gasteiger partial charge in [0, 0.05) is 12.0 Å². The first-order valence-electron chi connectivity index (χ1n) is 4.14. The number of rotatable bonds is 2. The second kappa shape index (κ2) is 2.67. The van der Waals surface area contributed by atoms with Crippen molar-refractivity contribution in [2.45, 2.75) is 18.4 Å². The number of likely N-dealkylation sites (N-methyl/N-ethyl adjacent to an activating group) is 1. The quantitative estimate of drug-likeness (QED) is 0.672. The minimum absolute atomic E-state index is 0.734. The van der Waals surface area contributed by atoms with Crippen LogP contribution >= 0.6 is 0 Å². The van der Waals surface area contributed by atoms with Gasteiger partial charge in [0.1, 0.15) is 0 Å². The van der Waals surface area contributed by atoms with E-state index in [1.807, 2.05) is 7.05 Å². The van der Waals surface area contributed by atoms with Crippen LogP contribution in [-0.4, -0.2) is 13.1 Å². The fourth-order valence-corrected chi connectivity index (χ4v) is 1.58. The summed E-state index contributed by atoms with van der Waals surface area (Å²) in [5.74, 6) is 0.779. The molecule has 0 aliphatic heterocycles. The van der Waals surface area contributed by atoms with Crippen molar-refractivity contribution in [3.63, 3.8) is 0 Å². The first-order chi connectivity index (χ1) is 5.42. The minimum atomic E-state index is 0.734. The van der Waals surface area contributed by atoms with Crippen molar-refractivity contribution in [2.24, 2.45) is 0 Å². The summed E-state index contributed by atoms with van der Waals surface area (Å²) in [5, 5.41) is 3.29. The van der Waals surface area contributed by atoms with Gasteiger partial charge in [0.05, 0.1) is 0 Å². The number of hydrogen-bond acceptors (Lipinski definition) is 1. The van der Waals surface area contributed by atoms with Gasteiger partial charge < -0.3 is 5.32 Å². The molecule has 0 spiro atoms. The van der Waals surface area contributed by atoms with Crippen molar-refractivity contribution in [1.29, 1.82) is 0 Å². The summed E-state index contributed by atoms with van der Waals surface area (Å²) in [6.07, 6.45) is 1.31. The topological polar surface area (TPSA) is 12.0 Å². The predicted octanol–water partition coefficient (Wildman–Crippen LogP) is 1.76. The Morgan fingerprint density at radius 3 is 2.55 bits per heavy atom. The highest BCUT2D eigenvalue weighted by Crippen LogP contribution is 2.39. The molecule has 1 N–H and O–H groups in total. The van der Waals surface area contributed by atoms with E-state index >= 15 is 0 Å². The van der Waals surface area contributed by atoms with E-state index in [1.165, 1.54) is 12.0 Å². The first kappa shape index (κ1) is 6.86. The molecular formula is C10H13N. The number of benzene rings is 1. The average molecular weight is 147 g/mol. The summed E-state index contributed by atoms with van der Waals surface area (Å²) >= 11 is 0. The molecule has 0 amide bonds. The highest BCUT2D eigenvalue weighted by molar-refractivity contribution is 5.27. The zero-order valence-electron chi connectivity index (χ0n) is 6.75. The van der Waals surface area contributed by atoms with Crippen molar-refractivity contribution >= 4 is 0 Å². The SMILES string of the molecule is CN[C@H]1C[C@@H]1c1ccccc1. The zero-order valence-corrected chi connectivity index (χ0v) is 6.75. The molecule has 1 aromatic carbocycles. The summed E-state index contributed by atoms with van der Waals surface area (Å²) in [7, 11) is 2.04. The third-order valence-corrected chi connectivity index (χ3v) is 2.39. The van der Waals surface area contributed by atoms with E-state index in [2.05, 4.69) is 35.6 Å². The maximum atomic E-state index is 3.29. The van der Waals surface area contributed by atoms with E-state index in [4.69, 9.17) is 0 Å². The van der Waals surface area contributed by atoms with E-state index in [1.54, 1.807) is 0 Å². The van der Waals surface area contributed by atoms with Crippen molar-refractivity contribution in [2.75, 3.05) is 7.05 Å². The molecule has 0 saturated heterocycles. The van der Waals surface area contributed by atoms with Gasteiger partial charge in [-0.15, -0.1) is 0 Å². The maximum absolute atomic E-state index is 3.29. The van der Waals surface area contributed by atoms with Gasteiger partial charge in [-0.25, -0.2) is 0 Å². The molecule has 58 valence electrons. The molecule has 0 radical (unpaired) electrons. The fraction of sp³-hybridized carbons (Fsp3) is 0.400. The molecule has 1 nitrogen and oxygen atoms in total. The lowest BCUT2D eigenvalue weighted by Crippen LogP contribution is -2.09. The normalized spacial score (nSPS) is 28.5. The van der Waals surface area contributed by atoms with Crippen LogP contribution in [0.2, 0.25) is 0 Å². The van der Waals surface area contributed by atoms with Crippen LogP contribution in [0.1, 0.15) is 17.9 Å². The van der Waals surface area contributed by atoms with Gasteiger partial charge in [-0.3, -0.25) is 0 Å². The molecule has 1 saturated carbocycles. The molecule has 1 aliphatic carbocycles. The Morgan fingerprint density at radius 2 is 2.00 bits per heavy atom. The first-order valence-corrected chi connectivity index (χ1v) is 4.14. The van der Waals surface area contributed by atoms with Gasteiger partial charge in [-0.1, -0.05) is 30.3 Å². The van der Waals surface area contributed by atoms with Crippen molar-refractivity contribution in [3.8, 4) is 0 Å². The van der Waals surface area contributed by atoms with E-state index in [0.717, 1.165) is 12.0 Å². The zero-order chi connectivity index (χ0) is 7.68. The fourth-order valence-electron chi connectivity index (χ4n) is 1.58. The second-order valence-corrected chi connectivity index (χ2v) is 3.15. The number of nitrogens with one attached hydrogen (secondary N) is 1. The summed E-state index contributed by atoms with van der Waals surface area (Å²) in [6, 6.07) is 11.4. The van der Waals surface area contributed by atoms with E-state index < -0.39 is 0 Å². The molecule has 1 heteroatoms. The van der Waals surface area contributed by atoms with Gasteiger partial charge in [-0.2, -0.15) is 0 Å². The lowest BCUT2D eigenvalue weighted by molar-refractivity contribution is 0.783. The summed E-state index contributed by atoms with van der Waals surface area (Å²) in [5.41, 5.74) is 1.48. The Hall–Kier alpha value is -0.820. The lowest BCUT2D eigenvalue weighted by Gasteiger charge is -1.97. The molecule has 2 rings (SSSR count). The standard InChI is InChI=1S/C10H13N/c1-11-10-7-9(10)8-5-3-2-4-6-8/h2-6,9-11H,7H2,1H3/t9-,10+/m1/s1.